The average molecular weight is 371 g/mol. The SMILES string of the molecule is CC(C)([SH+]CCN)C(N)C(=O)O.[Cl][Pd][Cl]. The third-order valence-electron chi connectivity index (χ3n) is 1.68. The summed E-state index contributed by atoms with van der Waals surface area (Å²) in [4.78, 5) is 10.5. The van der Waals surface area contributed by atoms with Crippen LogP contribution < -0.4 is 11.5 Å². The van der Waals surface area contributed by atoms with Crippen molar-refractivity contribution in [1.82, 2.24) is 0 Å². The fraction of sp³-hybridized carbons (Fsp3) is 0.857. The number of thiol groups is 1. The molecule has 1 unspecified atom stereocenters. The number of halogens is 2. The number of carboxylic acid groups (broad SMARTS) is 1. The summed E-state index contributed by atoms with van der Waals surface area (Å²) in [5.74, 6) is -0.168. The van der Waals surface area contributed by atoms with Crippen LogP contribution in [0.4, 0.5) is 0 Å². The molecule has 0 saturated heterocycles. The normalized spacial score (nSPS) is 12.9. The summed E-state index contributed by atoms with van der Waals surface area (Å²) in [6.07, 6.45) is 0. The molecule has 15 heavy (non-hydrogen) atoms. The monoisotopic (exact) mass is 369 g/mol. The third-order valence-corrected chi connectivity index (χ3v) is 3.25. The maximum atomic E-state index is 10.5. The zero-order chi connectivity index (χ0) is 12.5. The van der Waals surface area contributed by atoms with Crippen molar-refractivity contribution < 1.29 is 25.8 Å². The molecule has 0 aliphatic rings. The molecule has 8 heteroatoms. The van der Waals surface area contributed by atoms with Crippen molar-refractivity contribution in [1.29, 1.82) is 0 Å². The Morgan fingerprint density at radius 2 is 2.00 bits per heavy atom. The van der Waals surface area contributed by atoms with Gasteiger partial charge in [0.25, 0.3) is 0 Å². The Labute approximate surface area is 111 Å². The molecule has 96 valence electrons. The van der Waals surface area contributed by atoms with Gasteiger partial charge in [-0.05, 0) is 25.6 Å². The van der Waals surface area contributed by atoms with Gasteiger partial charge >= 0.3 is 41.0 Å². The minimum atomic E-state index is -0.954. The van der Waals surface area contributed by atoms with Crippen LogP contribution in [0.1, 0.15) is 13.8 Å². The van der Waals surface area contributed by atoms with Crippen molar-refractivity contribution in [2.24, 2.45) is 11.5 Å². The summed E-state index contributed by atoms with van der Waals surface area (Å²) in [6.45, 7) is 4.24. The van der Waals surface area contributed by atoms with Gasteiger partial charge in [-0.25, -0.2) is 0 Å². The number of nitrogens with two attached hydrogens (primary N) is 2. The van der Waals surface area contributed by atoms with Gasteiger partial charge in [0.1, 0.15) is 10.5 Å². The summed E-state index contributed by atoms with van der Waals surface area (Å²) in [7, 11) is 9.63. The molecule has 0 aromatic carbocycles. The van der Waals surface area contributed by atoms with E-state index in [1.807, 2.05) is 13.8 Å². The van der Waals surface area contributed by atoms with Crippen molar-refractivity contribution in [3.05, 3.63) is 0 Å². The Hall–Kier alpha value is 0.982. The Balaban J connectivity index is 0. The summed E-state index contributed by atoms with van der Waals surface area (Å²) >= 11 is 0.887. The Morgan fingerprint density at radius 1 is 1.60 bits per heavy atom. The number of carboxylic acids is 1. The van der Waals surface area contributed by atoms with Crippen molar-refractivity contribution >= 4 is 36.8 Å². The number of aliphatic carboxylic acids is 1. The molecule has 0 bridgehead atoms. The number of rotatable bonds is 5. The first-order valence-corrected chi connectivity index (χ1v) is 9.11. The van der Waals surface area contributed by atoms with E-state index in [4.69, 9.17) is 35.6 Å². The van der Waals surface area contributed by atoms with Crippen LogP contribution in [0.2, 0.25) is 0 Å². The van der Waals surface area contributed by atoms with Crippen molar-refractivity contribution in [3.8, 4) is 0 Å². The van der Waals surface area contributed by atoms with Gasteiger partial charge in [0.05, 0.1) is 0 Å². The molecule has 4 nitrogen and oxygen atoms in total. The van der Waals surface area contributed by atoms with Crippen molar-refractivity contribution in [2.45, 2.75) is 24.6 Å². The zero-order valence-corrected chi connectivity index (χ0v) is 12.5. The van der Waals surface area contributed by atoms with Crippen LogP contribution in [0, 0.1) is 0 Å². The van der Waals surface area contributed by atoms with Crippen LogP contribution in [0.3, 0.4) is 0 Å². The summed E-state index contributed by atoms with van der Waals surface area (Å²) in [5, 5.41) is 8.66. The predicted octanol–water partition coefficient (Wildman–Crippen LogP) is 0.327. The standard InChI is InChI=1S/C7H16N2O2S.2ClH.Pd/c1-7(2,12-4-3-8)5(9)6(10)11;;;/h5H,3-4,8-9H2,1-2H3,(H,10,11);2*1H;/q;;;+2/p-1. The Bertz CT molecular complexity index is 186. The van der Waals surface area contributed by atoms with Crippen LogP contribution in [-0.4, -0.2) is 34.2 Å². The predicted molar refractivity (Wildman–Crippen MR) is 64.1 cm³/mol. The second-order valence-corrected chi connectivity index (χ2v) is 7.46. The van der Waals surface area contributed by atoms with Crippen molar-refractivity contribution in [2.75, 3.05) is 12.3 Å². The molecule has 0 saturated carbocycles. The first-order valence-electron chi connectivity index (χ1n) is 4.03. The van der Waals surface area contributed by atoms with Crippen LogP contribution in [0.5, 0.6) is 0 Å². The molecular weight excluding hydrogens is 353 g/mol. The van der Waals surface area contributed by atoms with Gasteiger partial charge < -0.3 is 16.6 Å². The number of hydrogen-bond donors (Lipinski definition) is 3. The quantitative estimate of drug-likeness (QED) is 0.369. The van der Waals surface area contributed by atoms with Crippen molar-refractivity contribution in [3.63, 3.8) is 0 Å². The second kappa shape index (κ2) is 10.2. The molecule has 0 aromatic heterocycles. The van der Waals surface area contributed by atoms with E-state index in [1.165, 1.54) is 0 Å². The maximum absolute atomic E-state index is 10.5. The van der Waals surface area contributed by atoms with Gasteiger partial charge in [-0.15, -0.1) is 0 Å². The van der Waals surface area contributed by atoms with Gasteiger partial charge in [-0.1, -0.05) is 0 Å². The fourth-order valence-corrected chi connectivity index (χ4v) is 1.77. The molecule has 0 aliphatic carbocycles. The molecule has 0 heterocycles. The van der Waals surface area contributed by atoms with Gasteiger partial charge in [-0.3, -0.25) is 4.79 Å². The topological polar surface area (TPSA) is 89.3 Å². The van der Waals surface area contributed by atoms with Gasteiger partial charge in [0.15, 0.2) is 6.04 Å². The molecule has 0 rings (SSSR count). The molecule has 1 atom stereocenters. The molecular formula is C7H17Cl2N2O2PdS+. The zero-order valence-electron chi connectivity index (χ0n) is 8.52. The van der Waals surface area contributed by atoms with Crippen LogP contribution in [0.15, 0.2) is 0 Å². The second-order valence-electron chi connectivity index (χ2n) is 3.19. The number of carbonyl (C=O) groups is 1. The van der Waals surface area contributed by atoms with E-state index < -0.39 is 16.8 Å². The Morgan fingerprint density at radius 3 is 2.27 bits per heavy atom. The molecule has 0 fully saturated rings. The van der Waals surface area contributed by atoms with Gasteiger partial charge in [0.2, 0.25) is 0 Å². The molecule has 5 N–H and O–H groups in total. The average Bonchev–Trinajstić information content (AvgIpc) is 2.14. The van der Waals surface area contributed by atoms with E-state index >= 15 is 0 Å². The first-order chi connectivity index (χ1) is 6.83. The fourth-order valence-electron chi connectivity index (χ4n) is 0.753. The minimum absolute atomic E-state index is 0.106. The molecule has 0 amide bonds. The van der Waals surface area contributed by atoms with E-state index in [9.17, 15) is 4.79 Å². The number of hydrogen-bond acceptors (Lipinski definition) is 3. The van der Waals surface area contributed by atoms with E-state index in [0.29, 0.717) is 6.54 Å². The summed E-state index contributed by atoms with van der Waals surface area (Å²) < 4.78 is -0.398. The van der Waals surface area contributed by atoms with E-state index in [-0.39, 0.29) is 15.9 Å². The molecule has 0 spiro atoms. The van der Waals surface area contributed by atoms with Crippen LogP contribution >= 0.6 is 19.1 Å². The van der Waals surface area contributed by atoms with Crippen LogP contribution in [-0.2, 0) is 32.5 Å². The van der Waals surface area contributed by atoms with E-state index in [1.54, 1.807) is 0 Å². The molecule has 0 radical (unpaired) electrons. The molecule has 0 aliphatic heterocycles. The van der Waals surface area contributed by atoms with Gasteiger partial charge in [0, 0.05) is 6.54 Å². The molecule has 0 aromatic rings. The van der Waals surface area contributed by atoms with E-state index in [2.05, 4.69) is 0 Å². The van der Waals surface area contributed by atoms with Crippen LogP contribution in [0.25, 0.3) is 0 Å². The van der Waals surface area contributed by atoms with Gasteiger partial charge in [-0.2, -0.15) is 0 Å². The Kier molecular flexibility index (Phi) is 12.4. The summed E-state index contributed by atoms with van der Waals surface area (Å²) in [5.41, 5.74) is 10.8. The van der Waals surface area contributed by atoms with E-state index in [0.717, 1.165) is 17.5 Å². The first kappa shape index (κ1) is 18.4. The summed E-state index contributed by atoms with van der Waals surface area (Å²) in [6, 6.07) is -0.814. The third kappa shape index (κ3) is 9.89.